The summed E-state index contributed by atoms with van der Waals surface area (Å²) in [5.41, 5.74) is -0.0651. The summed E-state index contributed by atoms with van der Waals surface area (Å²) in [7, 11) is 0. The molecule has 0 saturated heterocycles. The van der Waals surface area contributed by atoms with Gasteiger partial charge in [0.25, 0.3) is 0 Å². The molecule has 0 spiro atoms. The van der Waals surface area contributed by atoms with Gasteiger partial charge in [0.2, 0.25) is 11.7 Å². The van der Waals surface area contributed by atoms with Crippen molar-refractivity contribution in [1.29, 1.82) is 5.26 Å². The van der Waals surface area contributed by atoms with Crippen molar-refractivity contribution in [2.24, 2.45) is 11.3 Å². The van der Waals surface area contributed by atoms with E-state index in [2.05, 4.69) is 37.0 Å². The number of hydrogen-bond acceptors (Lipinski definition) is 5. The van der Waals surface area contributed by atoms with Crippen LogP contribution in [0.15, 0.2) is 4.52 Å². The highest BCUT2D eigenvalue weighted by Gasteiger charge is 2.62. The second kappa shape index (κ2) is 5.30. The summed E-state index contributed by atoms with van der Waals surface area (Å²) >= 11 is 0. The average Bonchev–Trinajstić information content (AvgIpc) is 2.75. The quantitative estimate of drug-likeness (QED) is 0.788. The largest absolute Gasteiger partial charge is 0.370 e. The minimum Gasteiger partial charge on any atom is -0.370 e. The molecule has 5 nitrogen and oxygen atoms in total. The summed E-state index contributed by atoms with van der Waals surface area (Å²) < 4.78 is 11.0. The molecular formula is C14H21N3O2. The van der Waals surface area contributed by atoms with Gasteiger partial charge in [0.1, 0.15) is 6.10 Å². The van der Waals surface area contributed by atoms with E-state index in [-0.39, 0.29) is 23.4 Å². The molecule has 0 amide bonds. The van der Waals surface area contributed by atoms with Crippen molar-refractivity contribution in [2.45, 2.75) is 52.6 Å². The number of nitrogens with zero attached hydrogens (tertiary/aromatic N) is 3. The van der Waals surface area contributed by atoms with Crippen LogP contribution in [0.5, 0.6) is 0 Å². The van der Waals surface area contributed by atoms with Crippen LogP contribution < -0.4 is 0 Å². The molecule has 3 unspecified atom stereocenters. The molecule has 104 valence electrons. The summed E-state index contributed by atoms with van der Waals surface area (Å²) in [4.78, 5) is 4.45. The molecule has 1 aromatic heterocycles. The first-order chi connectivity index (χ1) is 9.06. The molecule has 1 heterocycles. The van der Waals surface area contributed by atoms with E-state index in [0.717, 1.165) is 12.8 Å². The van der Waals surface area contributed by atoms with Crippen molar-refractivity contribution in [3.8, 4) is 6.07 Å². The molecular weight excluding hydrogens is 242 g/mol. The van der Waals surface area contributed by atoms with E-state index in [1.165, 1.54) is 0 Å². The van der Waals surface area contributed by atoms with Gasteiger partial charge in [-0.25, -0.2) is 0 Å². The van der Waals surface area contributed by atoms with Gasteiger partial charge in [0.05, 0.1) is 17.9 Å². The zero-order valence-corrected chi connectivity index (χ0v) is 12.0. The molecule has 0 radical (unpaired) electrons. The Labute approximate surface area is 113 Å². The lowest BCUT2D eigenvalue weighted by atomic mass is 10.1. The number of nitriles is 1. The van der Waals surface area contributed by atoms with E-state index in [1.54, 1.807) is 0 Å². The van der Waals surface area contributed by atoms with Gasteiger partial charge in [0.15, 0.2) is 0 Å². The van der Waals surface area contributed by atoms with Gasteiger partial charge in [-0.2, -0.15) is 10.2 Å². The predicted molar refractivity (Wildman–Crippen MR) is 69.2 cm³/mol. The van der Waals surface area contributed by atoms with Crippen molar-refractivity contribution in [1.82, 2.24) is 10.1 Å². The summed E-state index contributed by atoms with van der Waals surface area (Å²) in [6.07, 6.45) is 1.78. The van der Waals surface area contributed by atoms with Crippen LogP contribution in [0.3, 0.4) is 0 Å². The molecule has 5 heteroatoms. The van der Waals surface area contributed by atoms with Crippen LogP contribution in [0.4, 0.5) is 0 Å². The van der Waals surface area contributed by atoms with Gasteiger partial charge in [-0.15, -0.1) is 0 Å². The summed E-state index contributed by atoms with van der Waals surface area (Å²) in [6, 6.07) is 2.31. The molecule has 1 aromatic rings. The maximum absolute atomic E-state index is 9.09. The predicted octanol–water partition coefficient (Wildman–Crippen LogP) is 3.21. The van der Waals surface area contributed by atoms with E-state index in [4.69, 9.17) is 14.5 Å². The van der Waals surface area contributed by atoms with Crippen LogP contribution in [-0.2, 0) is 4.74 Å². The minimum absolute atomic E-state index is 0.0301. The lowest BCUT2D eigenvalue weighted by Crippen LogP contribution is -2.06. The van der Waals surface area contributed by atoms with E-state index in [0.29, 0.717) is 18.3 Å². The zero-order valence-electron chi connectivity index (χ0n) is 12.0. The molecule has 0 bridgehead atoms. The molecule has 19 heavy (non-hydrogen) atoms. The van der Waals surface area contributed by atoms with Crippen molar-refractivity contribution in [3.05, 3.63) is 11.7 Å². The zero-order chi connectivity index (χ0) is 14.0. The van der Waals surface area contributed by atoms with E-state index in [9.17, 15) is 0 Å². The third-order valence-corrected chi connectivity index (χ3v) is 3.90. The van der Waals surface area contributed by atoms with Gasteiger partial charge in [-0.05, 0) is 18.8 Å². The van der Waals surface area contributed by atoms with Gasteiger partial charge in [-0.3, -0.25) is 0 Å². The van der Waals surface area contributed by atoms with E-state index in [1.807, 2.05) is 6.92 Å². The summed E-state index contributed by atoms with van der Waals surface area (Å²) in [6.45, 7) is 8.80. The first kappa shape index (κ1) is 14.0. The molecule has 1 saturated carbocycles. The standard InChI is InChI=1S/C14H21N3O2/c1-5-7-10(18-6-2)12-16-13(19-17-12)11-9(8-15)14(11,3)4/h9-11H,5-7H2,1-4H3. The number of aromatic nitrogens is 2. The Bertz CT molecular complexity index is 469. The van der Waals surface area contributed by atoms with Gasteiger partial charge in [-0.1, -0.05) is 32.3 Å². The van der Waals surface area contributed by atoms with Gasteiger partial charge < -0.3 is 9.26 Å². The fourth-order valence-electron chi connectivity index (χ4n) is 2.59. The highest BCUT2D eigenvalue weighted by atomic mass is 16.5. The minimum atomic E-state index is -0.102. The first-order valence-electron chi connectivity index (χ1n) is 6.90. The van der Waals surface area contributed by atoms with E-state index >= 15 is 0 Å². The fourth-order valence-corrected chi connectivity index (χ4v) is 2.59. The molecule has 1 fully saturated rings. The Morgan fingerprint density at radius 2 is 2.21 bits per heavy atom. The molecule has 0 aromatic carbocycles. The third-order valence-electron chi connectivity index (χ3n) is 3.90. The Morgan fingerprint density at radius 3 is 2.74 bits per heavy atom. The molecule has 1 aliphatic carbocycles. The molecule has 1 aliphatic rings. The normalized spacial score (nSPS) is 25.8. The highest BCUT2D eigenvalue weighted by Crippen LogP contribution is 2.63. The van der Waals surface area contributed by atoms with Gasteiger partial charge in [0, 0.05) is 6.61 Å². The van der Waals surface area contributed by atoms with Crippen LogP contribution in [0.2, 0.25) is 0 Å². The second-order valence-corrected chi connectivity index (χ2v) is 5.63. The number of rotatable bonds is 6. The summed E-state index contributed by atoms with van der Waals surface area (Å²) in [5, 5.41) is 13.1. The molecule has 2 rings (SSSR count). The molecule has 0 N–H and O–H groups in total. The van der Waals surface area contributed by atoms with Crippen LogP contribution in [-0.4, -0.2) is 16.7 Å². The van der Waals surface area contributed by atoms with Crippen molar-refractivity contribution in [2.75, 3.05) is 6.61 Å². The Balaban J connectivity index is 2.13. The molecule has 3 atom stereocenters. The summed E-state index contributed by atoms with van der Waals surface area (Å²) in [5.74, 6) is 1.21. The smallest absolute Gasteiger partial charge is 0.231 e. The second-order valence-electron chi connectivity index (χ2n) is 5.63. The van der Waals surface area contributed by atoms with Crippen LogP contribution >= 0.6 is 0 Å². The lowest BCUT2D eigenvalue weighted by Gasteiger charge is -2.11. The fraction of sp³-hybridized carbons (Fsp3) is 0.786. The van der Waals surface area contributed by atoms with E-state index < -0.39 is 0 Å². The first-order valence-corrected chi connectivity index (χ1v) is 6.90. The molecule has 0 aliphatic heterocycles. The monoisotopic (exact) mass is 263 g/mol. The van der Waals surface area contributed by atoms with Crippen molar-refractivity contribution < 1.29 is 9.26 Å². The third kappa shape index (κ3) is 2.50. The highest BCUT2D eigenvalue weighted by molar-refractivity contribution is 5.26. The number of ether oxygens (including phenoxy) is 1. The van der Waals surface area contributed by atoms with Gasteiger partial charge >= 0.3 is 0 Å². The maximum atomic E-state index is 9.09. The van der Waals surface area contributed by atoms with Crippen LogP contribution in [0, 0.1) is 22.7 Å². The van der Waals surface area contributed by atoms with Crippen molar-refractivity contribution >= 4 is 0 Å². The SMILES string of the molecule is CCCC(OCC)c1noc(C2C(C#N)C2(C)C)n1. The van der Waals surface area contributed by atoms with Crippen LogP contribution in [0.1, 0.15) is 64.3 Å². The van der Waals surface area contributed by atoms with Crippen LogP contribution in [0.25, 0.3) is 0 Å². The average molecular weight is 263 g/mol. The Hall–Kier alpha value is -1.41. The Kier molecular flexibility index (Phi) is 3.91. The topological polar surface area (TPSA) is 71.9 Å². The number of hydrogen-bond donors (Lipinski definition) is 0. The van der Waals surface area contributed by atoms with Crippen molar-refractivity contribution in [3.63, 3.8) is 0 Å². The maximum Gasteiger partial charge on any atom is 0.231 e. The lowest BCUT2D eigenvalue weighted by molar-refractivity contribution is 0.0477. The Morgan fingerprint density at radius 1 is 1.47 bits per heavy atom.